The molecule has 1 nitrogen and oxygen atoms in total. The summed E-state index contributed by atoms with van der Waals surface area (Å²) in [4.78, 5) is 1.01. The fourth-order valence-corrected chi connectivity index (χ4v) is 2.07. The largest absolute Gasteiger partial charge is 0.494 e. The molecule has 0 aromatic heterocycles. The number of thiol groups is 1. The molecule has 0 fully saturated rings. The molecular formula is C17H20OS. The summed E-state index contributed by atoms with van der Waals surface area (Å²) in [6.45, 7) is 2.90. The maximum Gasteiger partial charge on any atom is 0.119 e. The van der Waals surface area contributed by atoms with Crippen LogP contribution in [0.25, 0.3) is 0 Å². The Kier molecular flexibility index (Phi) is 5.34. The van der Waals surface area contributed by atoms with E-state index in [1.807, 2.05) is 12.1 Å². The average Bonchev–Trinajstić information content (AvgIpc) is 2.46. The van der Waals surface area contributed by atoms with E-state index in [0.717, 1.165) is 36.5 Å². The lowest BCUT2D eigenvalue weighted by atomic mass is 10.0. The molecule has 2 aromatic carbocycles. The summed E-state index contributed by atoms with van der Waals surface area (Å²) in [5.74, 6) is 0.963. The Morgan fingerprint density at radius 2 is 1.37 bits per heavy atom. The van der Waals surface area contributed by atoms with Crippen molar-refractivity contribution >= 4 is 12.6 Å². The molecule has 0 N–H and O–H groups in total. The SMILES string of the molecule is CCCOc1ccc(CCc2ccc(S)cc2)cc1. The Balaban J connectivity index is 1.87. The number of aryl methyl sites for hydroxylation is 2. The molecule has 2 rings (SSSR count). The summed E-state index contributed by atoms with van der Waals surface area (Å²) in [5.41, 5.74) is 2.70. The number of ether oxygens (including phenoxy) is 1. The van der Waals surface area contributed by atoms with Gasteiger partial charge in [-0.3, -0.25) is 0 Å². The number of rotatable bonds is 6. The van der Waals surface area contributed by atoms with E-state index in [1.165, 1.54) is 11.1 Å². The topological polar surface area (TPSA) is 9.23 Å². The zero-order chi connectivity index (χ0) is 13.5. The van der Waals surface area contributed by atoms with Gasteiger partial charge in [0.2, 0.25) is 0 Å². The van der Waals surface area contributed by atoms with Gasteiger partial charge in [0.05, 0.1) is 6.61 Å². The van der Waals surface area contributed by atoms with E-state index in [0.29, 0.717) is 0 Å². The first-order valence-electron chi connectivity index (χ1n) is 6.77. The summed E-state index contributed by atoms with van der Waals surface area (Å²) >= 11 is 4.29. The van der Waals surface area contributed by atoms with Crippen LogP contribution in [-0.4, -0.2) is 6.61 Å². The van der Waals surface area contributed by atoms with Crippen LogP contribution in [0.4, 0.5) is 0 Å². The third-order valence-corrected chi connectivity index (χ3v) is 3.33. The van der Waals surface area contributed by atoms with Crippen LogP contribution in [0, 0.1) is 0 Å². The summed E-state index contributed by atoms with van der Waals surface area (Å²) < 4.78 is 5.58. The van der Waals surface area contributed by atoms with Gasteiger partial charge in [0.25, 0.3) is 0 Å². The highest BCUT2D eigenvalue weighted by molar-refractivity contribution is 7.80. The molecule has 0 saturated carbocycles. The molecule has 19 heavy (non-hydrogen) atoms. The lowest BCUT2D eigenvalue weighted by molar-refractivity contribution is 0.317. The van der Waals surface area contributed by atoms with Crippen LogP contribution in [0.15, 0.2) is 53.4 Å². The molecule has 0 radical (unpaired) electrons. The standard InChI is InChI=1S/C17H20OS/c1-2-13-18-16-9-5-14(6-10-16)3-4-15-7-11-17(19)12-8-15/h5-12,19H,2-4,13H2,1H3. The molecule has 0 aliphatic heterocycles. The van der Waals surface area contributed by atoms with Gasteiger partial charge in [-0.15, -0.1) is 12.6 Å². The van der Waals surface area contributed by atoms with Crippen molar-refractivity contribution in [1.82, 2.24) is 0 Å². The van der Waals surface area contributed by atoms with E-state index in [9.17, 15) is 0 Å². The Morgan fingerprint density at radius 3 is 1.89 bits per heavy atom. The van der Waals surface area contributed by atoms with Crippen molar-refractivity contribution in [3.8, 4) is 5.75 Å². The summed E-state index contributed by atoms with van der Waals surface area (Å²) in [6, 6.07) is 16.8. The first kappa shape index (κ1) is 14.0. The van der Waals surface area contributed by atoms with Crippen LogP contribution in [0.3, 0.4) is 0 Å². The number of benzene rings is 2. The monoisotopic (exact) mass is 272 g/mol. The summed E-state index contributed by atoms with van der Waals surface area (Å²) in [7, 11) is 0. The molecule has 0 atom stereocenters. The second-order valence-corrected chi connectivity index (χ2v) is 5.18. The predicted molar refractivity (Wildman–Crippen MR) is 83.3 cm³/mol. The third-order valence-electron chi connectivity index (χ3n) is 3.03. The molecule has 0 heterocycles. The van der Waals surface area contributed by atoms with Crippen LogP contribution in [0.5, 0.6) is 5.75 Å². The van der Waals surface area contributed by atoms with Crippen molar-refractivity contribution in [2.24, 2.45) is 0 Å². The summed E-state index contributed by atoms with van der Waals surface area (Å²) in [5, 5.41) is 0. The quantitative estimate of drug-likeness (QED) is 0.759. The van der Waals surface area contributed by atoms with Crippen molar-refractivity contribution in [2.45, 2.75) is 31.1 Å². The minimum atomic E-state index is 0.787. The van der Waals surface area contributed by atoms with Crippen LogP contribution in [-0.2, 0) is 12.8 Å². The second-order valence-electron chi connectivity index (χ2n) is 4.66. The molecule has 2 aromatic rings. The fraction of sp³-hybridized carbons (Fsp3) is 0.294. The zero-order valence-corrected chi connectivity index (χ0v) is 12.2. The van der Waals surface area contributed by atoms with E-state index in [1.54, 1.807) is 0 Å². The molecule has 2 heteroatoms. The Bertz CT molecular complexity index is 488. The Hall–Kier alpha value is -1.41. The molecule has 0 aliphatic carbocycles. The predicted octanol–water partition coefficient (Wildman–Crippen LogP) is 4.55. The van der Waals surface area contributed by atoms with E-state index in [4.69, 9.17) is 4.74 Å². The molecule has 0 unspecified atom stereocenters. The second kappa shape index (κ2) is 7.25. The van der Waals surface area contributed by atoms with Gasteiger partial charge >= 0.3 is 0 Å². The summed E-state index contributed by atoms with van der Waals surface area (Å²) in [6.07, 6.45) is 3.16. The highest BCUT2D eigenvalue weighted by Gasteiger charge is 1.98. The first-order chi connectivity index (χ1) is 9.28. The van der Waals surface area contributed by atoms with Gasteiger partial charge in [0.15, 0.2) is 0 Å². The maximum absolute atomic E-state index is 5.58. The maximum atomic E-state index is 5.58. The minimum Gasteiger partial charge on any atom is -0.494 e. The van der Waals surface area contributed by atoms with Gasteiger partial charge in [0, 0.05) is 4.90 Å². The molecule has 100 valence electrons. The van der Waals surface area contributed by atoms with Crippen molar-refractivity contribution in [3.05, 3.63) is 59.7 Å². The molecule has 0 saturated heterocycles. The fourth-order valence-electron chi connectivity index (χ4n) is 1.92. The van der Waals surface area contributed by atoms with Gasteiger partial charge in [-0.25, -0.2) is 0 Å². The highest BCUT2D eigenvalue weighted by atomic mass is 32.1. The van der Waals surface area contributed by atoms with Gasteiger partial charge in [-0.1, -0.05) is 31.2 Å². The third kappa shape index (κ3) is 4.64. The van der Waals surface area contributed by atoms with Crippen molar-refractivity contribution < 1.29 is 4.74 Å². The minimum absolute atomic E-state index is 0.787. The van der Waals surface area contributed by atoms with Crippen molar-refractivity contribution in [2.75, 3.05) is 6.61 Å². The molecular weight excluding hydrogens is 252 g/mol. The first-order valence-corrected chi connectivity index (χ1v) is 7.22. The average molecular weight is 272 g/mol. The van der Waals surface area contributed by atoms with Gasteiger partial charge in [-0.05, 0) is 54.7 Å². The molecule has 0 aliphatic rings. The van der Waals surface area contributed by atoms with Crippen molar-refractivity contribution in [1.29, 1.82) is 0 Å². The molecule has 0 amide bonds. The van der Waals surface area contributed by atoms with Crippen LogP contribution >= 0.6 is 12.6 Å². The van der Waals surface area contributed by atoms with Crippen LogP contribution < -0.4 is 4.74 Å². The van der Waals surface area contributed by atoms with E-state index in [2.05, 4.69) is 56.0 Å². The smallest absolute Gasteiger partial charge is 0.119 e. The molecule has 0 spiro atoms. The Labute approximate surface area is 121 Å². The van der Waals surface area contributed by atoms with Crippen LogP contribution in [0.1, 0.15) is 24.5 Å². The normalized spacial score (nSPS) is 10.4. The van der Waals surface area contributed by atoms with Gasteiger partial charge < -0.3 is 4.74 Å². The zero-order valence-electron chi connectivity index (χ0n) is 11.3. The van der Waals surface area contributed by atoms with E-state index >= 15 is 0 Å². The van der Waals surface area contributed by atoms with Gasteiger partial charge in [0.1, 0.15) is 5.75 Å². The number of hydrogen-bond donors (Lipinski definition) is 1. The van der Waals surface area contributed by atoms with E-state index in [-0.39, 0.29) is 0 Å². The van der Waals surface area contributed by atoms with E-state index < -0.39 is 0 Å². The lowest BCUT2D eigenvalue weighted by Gasteiger charge is -2.06. The lowest BCUT2D eigenvalue weighted by Crippen LogP contribution is -1.95. The van der Waals surface area contributed by atoms with Gasteiger partial charge in [-0.2, -0.15) is 0 Å². The van der Waals surface area contributed by atoms with Crippen LogP contribution in [0.2, 0.25) is 0 Å². The van der Waals surface area contributed by atoms with Crippen molar-refractivity contribution in [3.63, 3.8) is 0 Å². The Morgan fingerprint density at radius 1 is 0.842 bits per heavy atom. The highest BCUT2D eigenvalue weighted by Crippen LogP contribution is 2.15. The number of hydrogen-bond acceptors (Lipinski definition) is 2. The molecule has 0 bridgehead atoms.